The molecule has 1 aliphatic rings. The first-order valence-corrected chi connectivity index (χ1v) is 8.45. The molecule has 3 rings (SSSR count). The van der Waals surface area contributed by atoms with Crippen molar-refractivity contribution in [3.8, 4) is 11.5 Å². The summed E-state index contributed by atoms with van der Waals surface area (Å²) in [6.07, 6.45) is 2.11. The number of methoxy groups -OCH3 is 2. The number of hydrogen-bond donors (Lipinski definition) is 2. The van der Waals surface area contributed by atoms with Crippen LogP contribution in [0.1, 0.15) is 24.0 Å². The zero-order chi connectivity index (χ0) is 17.7. The molecule has 0 bridgehead atoms. The largest absolute Gasteiger partial charge is 0.493 e. The number of carbonyl (C=O) groups is 1. The van der Waals surface area contributed by atoms with E-state index in [0.717, 1.165) is 29.9 Å². The van der Waals surface area contributed by atoms with Crippen LogP contribution in [0.3, 0.4) is 0 Å². The van der Waals surface area contributed by atoms with Crippen molar-refractivity contribution in [2.75, 3.05) is 20.8 Å². The van der Waals surface area contributed by atoms with Crippen LogP contribution in [-0.2, 0) is 12.0 Å². The van der Waals surface area contributed by atoms with Crippen molar-refractivity contribution < 1.29 is 14.3 Å². The van der Waals surface area contributed by atoms with Gasteiger partial charge in [-0.3, -0.25) is 0 Å². The number of hydrogen-bond acceptors (Lipinski definition) is 3. The summed E-state index contributed by atoms with van der Waals surface area (Å²) < 4.78 is 10.7. The van der Waals surface area contributed by atoms with E-state index in [2.05, 4.69) is 16.7 Å². The van der Waals surface area contributed by atoms with E-state index < -0.39 is 0 Å². The van der Waals surface area contributed by atoms with Crippen LogP contribution in [-0.4, -0.2) is 26.8 Å². The van der Waals surface area contributed by atoms with Crippen molar-refractivity contribution in [1.82, 2.24) is 10.6 Å². The molecular formula is C20H24N2O3. The first-order chi connectivity index (χ1) is 12.2. The maximum atomic E-state index is 12.1. The summed E-state index contributed by atoms with van der Waals surface area (Å²) >= 11 is 0. The van der Waals surface area contributed by atoms with Gasteiger partial charge < -0.3 is 20.1 Å². The summed E-state index contributed by atoms with van der Waals surface area (Å²) in [5.74, 6) is 1.44. The average Bonchev–Trinajstić information content (AvgIpc) is 3.46. The van der Waals surface area contributed by atoms with E-state index in [-0.39, 0.29) is 11.4 Å². The highest BCUT2D eigenvalue weighted by molar-refractivity contribution is 5.74. The molecule has 1 aliphatic carbocycles. The van der Waals surface area contributed by atoms with Gasteiger partial charge in [-0.05, 0) is 36.1 Å². The summed E-state index contributed by atoms with van der Waals surface area (Å²) in [4.78, 5) is 12.1. The molecule has 2 aromatic carbocycles. The van der Waals surface area contributed by atoms with Crippen LogP contribution in [0.25, 0.3) is 0 Å². The molecule has 25 heavy (non-hydrogen) atoms. The SMILES string of the molecule is COc1ccc(C2(CNC(=O)NCc3ccccc3)CC2)cc1OC. The summed E-state index contributed by atoms with van der Waals surface area (Å²) in [7, 11) is 3.26. The van der Waals surface area contributed by atoms with Gasteiger partial charge in [0.25, 0.3) is 0 Å². The van der Waals surface area contributed by atoms with Gasteiger partial charge in [-0.2, -0.15) is 0 Å². The number of ether oxygens (including phenoxy) is 2. The van der Waals surface area contributed by atoms with Crippen LogP contribution in [0.5, 0.6) is 11.5 Å². The van der Waals surface area contributed by atoms with Gasteiger partial charge in [-0.15, -0.1) is 0 Å². The molecule has 0 heterocycles. The van der Waals surface area contributed by atoms with Gasteiger partial charge in [0.05, 0.1) is 14.2 Å². The van der Waals surface area contributed by atoms with Gasteiger partial charge in [-0.25, -0.2) is 4.79 Å². The molecule has 0 saturated heterocycles. The lowest BCUT2D eigenvalue weighted by Crippen LogP contribution is -2.39. The van der Waals surface area contributed by atoms with Crippen LogP contribution in [0, 0.1) is 0 Å². The quantitative estimate of drug-likeness (QED) is 0.813. The fraction of sp³-hybridized carbons (Fsp3) is 0.350. The van der Waals surface area contributed by atoms with Crippen molar-refractivity contribution in [1.29, 1.82) is 0 Å². The second kappa shape index (κ2) is 7.47. The number of urea groups is 1. The standard InChI is InChI=1S/C20H24N2O3/c1-24-17-9-8-16(12-18(17)25-2)20(10-11-20)14-22-19(23)21-13-15-6-4-3-5-7-15/h3-9,12H,10-11,13-14H2,1-2H3,(H2,21,22,23). The molecule has 0 unspecified atom stereocenters. The third kappa shape index (κ3) is 4.05. The molecule has 1 fully saturated rings. The minimum atomic E-state index is -0.143. The first kappa shape index (κ1) is 17.1. The smallest absolute Gasteiger partial charge is 0.315 e. The lowest BCUT2D eigenvalue weighted by Gasteiger charge is -2.19. The Morgan fingerprint density at radius 2 is 1.72 bits per heavy atom. The number of nitrogens with one attached hydrogen (secondary N) is 2. The third-order valence-electron chi connectivity index (χ3n) is 4.73. The minimum Gasteiger partial charge on any atom is -0.493 e. The van der Waals surface area contributed by atoms with E-state index >= 15 is 0 Å². The second-order valence-electron chi connectivity index (χ2n) is 6.37. The normalized spacial score (nSPS) is 14.5. The van der Waals surface area contributed by atoms with Gasteiger partial charge in [0.1, 0.15) is 0 Å². The Hall–Kier alpha value is -2.69. The summed E-state index contributed by atoms with van der Waals surface area (Å²) in [5, 5.41) is 5.89. The zero-order valence-corrected chi connectivity index (χ0v) is 14.7. The van der Waals surface area contributed by atoms with E-state index in [1.165, 1.54) is 5.56 Å². The van der Waals surface area contributed by atoms with Crippen molar-refractivity contribution >= 4 is 6.03 Å². The topological polar surface area (TPSA) is 59.6 Å². The molecule has 0 aromatic heterocycles. The fourth-order valence-corrected chi connectivity index (χ4v) is 2.97. The highest BCUT2D eigenvalue weighted by Gasteiger charge is 2.44. The lowest BCUT2D eigenvalue weighted by molar-refractivity contribution is 0.239. The number of amides is 2. The molecule has 5 heteroatoms. The molecule has 0 atom stereocenters. The average molecular weight is 340 g/mol. The van der Waals surface area contributed by atoms with Gasteiger partial charge >= 0.3 is 6.03 Å². The monoisotopic (exact) mass is 340 g/mol. The molecule has 2 amide bonds. The van der Waals surface area contributed by atoms with Crippen LogP contribution < -0.4 is 20.1 Å². The Labute approximate surface area is 148 Å². The molecule has 0 aliphatic heterocycles. The van der Waals surface area contributed by atoms with Crippen molar-refractivity contribution in [3.63, 3.8) is 0 Å². The van der Waals surface area contributed by atoms with Gasteiger partial charge in [-0.1, -0.05) is 36.4 Å². The summed E-state index contributed by atoms with van der Waals surface area (Å²) in [5.41, 5.74) is 2.26. The second-order valence-corrected chi connectivity index (χ2v) is 6.37. The molecular weight excluding hydrogens is 316 g/mol. The van der Waals surface area contributed by atoms with Crippen LogP contribution in [0.2, 0.25) is 0 Å². The Kier molecular flexibility index (Phi) is 5.12. The highest BCUT2D eigenvalue weighted by atomic mass is 16.5. The first-order valence-electron chi connectivity index (χ1n) is 8.45. The summed E-state index contributed by atoms with van der Waals surface area (Å²) in [6, 6.07) is 15.7. The fourth-order valence-electron chi connectivity index (χ4n) is 2.97. The molecule has 2 N–H and O–H groups in total. The maximum Gasteiger partial charge on any atom is 0.315 e. The van der Waals surface area contributed by atoms with E-state index in [1.807, 2.05) is 42.5 Å². The van der Waals surface area contributed by atoms with E-state index in [1.54, 1.807) is 14.2 Å². The number of rotatable bonds is 7. The molecule has 0 radical (unpaired) electrons. The molecule has 2 aromatic rings. The lowest BCUT2D eigenvalue weighted by atomic mass is 9.95. The van der Waals surface area contributed by atoms with Crippen molar-refractivity contribution in [2.45, 2.75) is 24.8 Å². The Balaban J connectivity index is 1.56. The zero-order valence-electron chi connectivity index (χ0n) is 14.7. The predicted molar refractivity (Wildman–Crippen MR) is 97.1 cm³/mol. The van der Waals surface area contributed by atoms with Gasteiger partial charge in [0.15, 0.2) is 11.5 Å². The molecule has 1 saturated carbocycles. The van der Waals surface area contributed by atoms with Gasteiger partial charge in [0, 0.05) is 18.5 Å². The van der Waals surface area contributed by atoms with Crippen LogP contribution in [0.4, 0.5) is 4.79 Å². The molecule has 5 nitrogen and oxygen atoms in total. The van der Waals surface area contributed by atoms with Crippen LogP contribution in [0.15, 0.2) is 48.5 Å². The van der Waals surface area contributed by atoms with Crippen molar-refractivity contribution in [3.05, 3.63) is 59.7 Å². The Morgan fingerprint density at radius 1 is 1.00 bits per heavy atom. The van der Waals surface area contributed by atoms with E-state index in [9.17, 15) is 4.79 Å². The van der Waals surface area contributed by atoms with Crippen molar-refractivity contribution in [2.24, 2.45) is 0 Å². The van der Waals surface area contributed by atoms with E-state index in [4.69, 9.17) is 9.47 Å². The number of carbonyl (C=O) groups excluding carboxylic acids is 1. The van der Waals surface area contributed by atoms with Gasteiger partial charge in [0.2, 0.25) is 0 Å². The Morgan fingerprint density at radius 3 is 2.36 bits per heavy atom. The predicted octanol–water partition coefficient (Wildman–Crippen LogP) is 3.23. The minimum absolute atomic E-state index is 0.00361. The Bertz CT molecular complexity index is 727. The molecule has 0 spiro atoms. The third-order valence-corrected chi connectivity index (χ3v) is 4.73. The molecule has 132 valence electrons. The highest BCUT2D eigenvalue weighted by Crippen LogP contribution is 2.49. The van der Waals surface area contributed by atoms with Crippen LogP contribution >= 0.6 is 0 Å². The summed E-state index contributed by atoms with van der Waals surface area (Å²) in [6.45, 7) is 1.14. The maximum absolute atomic E-state index is 12.1. The number of benzene rings is 2. The van der Waals surface area contributed by atoms with E-state index in [0.29, 0.717) is 13.1 Å².